The fraction of sp³-hybridized carbons (Fsp3) is 0.429. The van der Waals surface area contributed by atoms with E-state index in [1.165, 1.54) is 42.4 Å². The standard InChI is InChI=1S/C21H27N/c1-16-8-6-11-19(14-16)17(2)22-21-13-7-12-20(15-21)18-9-4-3-5-10-18/h3-6,8-11,14,17,20-22H,7,12-13,15H2,1-2H3/t17-,20?,21?/m0/s1. The summed E-state index contributed by atoms with van der Waals surface area (Å²) in [7, 11) is 0. The molecule has 1 saturated carbocycles. The van der Waals surface area contributed by atoms with E-state index in [9.17, 15) is 0 Å². The van der Waals surface area contributed by atoms with Gasteiger partial charge in [-0.3, -0.25) is 0 Å². The summed E-state index contributed by atoms with van der Waals surface area (Å²) in [5, 5.41) is 3.86. The minimum absolute atomic E-state index is 0.430. The maximum atomic E-state index is 3.86. The van der Waals surface area contributed by atoms with Crippen molar-refractivity contribution in [2.75, 3.05) is 0 Å². The molecule has 0 heterocycles. The molecule has 1 heteroatoms. The van der Waals surface area contributed by atoms with Crippen LogP contribution in [0.1, 0.15) is 61.3 Å². The molecule has 1 fully saturated rings. The molecule has 1 N–H and O–H groups in total. The minimum atomic E-state index is 0.430. The van der Waals surface area contributed by atoms with Gasteiger partial charge in [-0.25, -0.2) is 0 Å². The Bertz CT molecular complexity index is 590. The van der Waals surface area contributed by atoms with Crippen LogP contribution in [0, 0.1) is 6.92 Å². The Balaban J connectivity index is 1.63. The molecule has 0 aliphatic heterocycles. The molecule has 2 aromatic rings. The maximum absolute atomic E-state index is 3.86. The third kappa shape index (κ3) is 3.78. The first-order chi connectivity index (χ1) is 10.7. The second-order valence-corrected chi connectivity index (χ2v) is 6.77. The van der Waals surface area contributed by atoms with E-state index < -0.39 is 0 Å². The summed E-state index contributed by atoms with van der Waals surface area (Å²) in [6.07, 6.45) is 5.23. The highest BCUT2D eigenvalue weighted by atomic mass is 14.9. The number of nitrogens with one attached hydrogen (secondary N) is 1. The predicted molar refractivity (Wildman–Crippen MR) is 94.2 cm³/mol. The highest BCUT2D eigenvalue weighted by Crippen LogP contribution is 2.33. The normalized spacial score (nSPS) is 23.2. The Labute approximate surface area is 134 Å². The van der Waals surface area contributed by atoms with E-state index in [2.05, 4.69) is 73.8 Å². The topological polar surface area (TPSA) is 12.0 Å². The highest BCUT2D eigenvalue weighted by molar-refractivity contribution is 5.25. The van der Waals surface area contributed by atoms with E-state index in [1.807, 2.05) is 0 Å². The van der Waals surface area contributed by atoms with E-state index >= 15 is 0 Å². The van der Waals surface area contributed by atoms with Crippen LogP contribution in [-0.2, 0) is 0 Å². The quantitative estimate of drug-likeness (QED) is 0.799. The minimum Gasteiger partial charge on any atom is -0.307 e. The van der Waals surface area contributed by atoms with Crippen molar-refractivity contribution in [3.63, 3.8) is 0 Å². The van der Waals surface area contributed by atoms with Crippen molar-refractivity contribution < 1.29 is 0 Å². The zero-order valence-corrected chi connectivity index (χ0v) is 13.8. The zero-order chi connectivity index (χ0) is 15.4. The second-order valence-electron chi connectivity index (χ2n) is 6.77. The molecule has 1 aliphatic rings. The summed E-state index contributed by atoms with van der Waals surface area (Å²) in [6.45, 7) is 4.46. The molecule has 0 bridgehead atoms. The number of hydrogen-bond acceptors (Lipinski definition) is 1. The number of rotatable bonds is 4. The van der Waals surface area contributed by atoms with Crippen LogP contribution in [0.15, 0.2) is 54.6 Å². The van der Waals surface area contributed by atoms with Gasteiger partial charge in [0.05, 0.1) is 0 Å². The Kier molecular flexibility index (Phi) is 4.94. The van der Waals surface area contributed by atoms with Crippen LogP contribution in [0.2, 0.25) is 0 Å². The fourth-order valence-electron chi connectivity index (χ4n) is 3.76. The summed E-state index contributed by atoms with van der Waals surface area (Å²) in [4.78, 5) is 0. The summed E-state index contributed by atoms with van der Waals surface area (Å²) in [6, 6.07) is 21.0. The lowest BCUT2D eigenvalue weighted by atomic mass is 9.81. The van der Waals surface area contributed by atoms with Crippen molar-refractivity contribution in [2.45, 2.75) is 57.5 Å². The van der Waals surface area contributed by atoms with Crippen molar-refractivity contribution in [1.82, 2.24) is 5.32 Å². The average molecular weight is 293 g/mol. The van der Waals surface area contributed by atoms with Crippen molar-refractivity contribution in [3.8, 4) is 0 Å². The smallest absolute Gasteiger partial charge is 0.0294 e. The number of benzene rings is 2. The molecule has 0 amide bonds. The van der Waals surface area contributed by atoms with Gasteiger partial charge in [-0.1, -0.05) is 66.6 Å². The van der Waals surface area contributed by atoms with Crippen LogP contribution < -0.4 is 5.32 Å². The van der Waals surface area contributed by atoms with Gasteiger partial charge in [-0.05, 0) is 50.2 Å². The molecular formula is C21H27N. The Hall–Kier alpha value is -1.60. The maximum Gasteiger partial charge on any atom is 0.0294 e. The van der Waals surface area contributed by atoms with Crippen LogP contribution >= 0.6 is 0 Å². The van der Waals surface area contributed by atoms with E-state index in [0.29, 0.717) is 12.1 Å². The van der Waals surface area contributed by atoms with Gasteiger partial charge in [0.25, 0.3) is 0 Å². The van der Waals surface area contributed by atoms with E-state index in [1.54, 1.807) is 0 Å². The predicted octanol–water partition coefficient (Wildman–Crippen LogP) is 5.37. The molecule has 0 aromatic heterocycles. The molecule has 0 saturated heterocycles. The number of aryl methyl sites for hydroxylation is 1. The summed E-state index contributed by atoms with van der Waals surface area (Å²) in [5.41, 5.74) is 4.26. The van der Waals surface area contributed by atoms with Crippen LogP contribution in [0.4, 0.5) is 0 Å². The summed E-state index contributed by atoms with van der Waals surface area (Å²) < 4.78 is 0. The molecule has 116 valence electrons. The lowest BCUT2D eigenvalue weighted by Gasteiger charge is -2.32. The van der Waals surface area contributed by atoms with Gasteiger partial charge in [0.15, 0.2) is 0 Å². The first-order valence-corrected chi connectivity index (χ1v) is 8.60. The summed E-state index contributed by atoms with van der Waals surface area (Å²) >= 11 is 0. The zero-order valence-electron chi connectivity index (χ0n) is 13.8. The van der Waals surface area contributed by atoms with Crippen LogP contribution in [0.3, 0.4) is 0 Å². The second kappa shape index (κ2) is 7.11. The van der Waals surface area contributed by atoms with Gasteiger partial charge in [-0.2, -0.15) is 0 Å². The van der Waals surface area contributed by atoms with E-state index in [4.69, 9.17) is 0 Å². The SMILES string of the molecule is Cc1cccc([C@H](C)NC2CCCC(c3ccccc3)C2)c1. The van der Waals surface area contributed by atoms with E-state index in [0.717, 1.165) is 5.92 Å². The number of hydrogen-bond donors (Lipinski definition) is 1. The molecule has 2 unspecified atom stereocenters. The molecule has 0 radical (unpaired) electrons. The van der Waals surface area contributed by atoms with Crippen molar-refractivity contribution in [1.29, 1.82) is 0 Å². The van der Waals surface area contributed by atoms with E-state index in [-0.39, 0.29) is 0 Å². The molecule has 22 heavy (non-hydrogen) atoms. The van der Waals surface area contributed by atoms with Crippen molar-refractivity contribution in [3.05, 3.63) is 71.3 Å². The Morgan fingerprint density at radius 2 is 1.82 bits per heavy atom. The van der Waals surface area contributed by atoms with Gasteiger partial charge < -0.3 is 5.32 Å². The monoisotopic (exact) mass is 293 g/mol. The third-order valence-corrected chi connectivity index (χ3v) is 4.97. The van der Waals surface area contributed by atoms with Crippen LogP contribution in [0.25, 0.3) is 0 Å². The van der Waals surface area contributed by atoms with Crippen LogP contribution in [-0.4, -0.2) is 6.04 Å². The average Bonchev–Trinajstić information content (AvgIpc) is 2.56. The van der Waals surface area contributed by atoms with Gasteiger partial charge in [-0.15, -0.1) is 0 Å². The van der Waals surface area contributed by atoms with Crippen molar-refractivity contribution >= 4 is 0 Å². The summed E-state index contributed by atoms with van der Waals surface area (Å²) in [5.74, 6) is 0.720. The van der Waals surface area contributed by atoms with Gasteiger partial charge in [0, 0.05) is 12.1 Å². The van der Waals surface area contributed by atoms with Gasteiger partial charge >= 0.3 is 0 Å². The molecule has 0 spiro atoms. The fourth-order valence-corrected chi connectivity index (χ4v) is 3.76. The lowest BCUT2D eigenvalue weighted by Crippen LogP contribution is -2.35. The molecule has 3 atom stereocenters. The highest BCUT2D eigenvalue weighted by Gasteiger charge is 2.24. The van der Waals surface area contributed by atoms with Crippen LogP contribution in [0.5, 0.6) is 0 Å². The molecule has 2 aromatic carbocycles. The molecule has 1 nitrogen and oxygen atoms in total. The Morgan fingerprint density at radius 3 is 2.59 bits per heavy atom. The molecule has 1 aliphatic carbocycles. The first kappa shape index (κ1) is 15.3. The van der Waals surface area contributed by atoms with Crippen molar-refractivity contribution in [2.24, 2.45) is 0 Å². The Morgan fingerprint density at radius 1 is 1.00 bits per heavy atom. The molecule has 3 rings (SSSR count). The largest absolute Gasteiger partial charge is 0.307 e. The molecular weight excluding hydrogens is 266 g/mol. The lowest BCUT2D eigenvalue weighted by molar-refractivity contribution is 0.318. The van der Waals surface area contributed by atoms with Gasteiger partial charge in [0.2, 0.25) is 0 Å². The third-order valence-electron chi connectivity index (χ3n) is 4.97. The van der Waals surface area contributed by atoms with Gasteiger partial charge in [0.1, 0.15) is 0 Å². The first-order valence-electron chi connectivity index (χ1n) is 8.60.